The van der Waals surface area contributed by atoms with E-state index in [1.54, 1.807) is 18.2 Å². The first-order chi connectivity index (χ1) is 8.04. The molecule has 1 aromatic carbocycles. The zero-order chi connectivity index (χ0) is 12.8. The molecule has 0 spiro atoms. The first-order valence-corrected chi connectivity index (χ1v) is 5.50. The van der Waals surface area contributed by atoms with Crippen molar-refractivity contribution in [2.24, 2.45) is 5.73 Å². The summed E-state index contributed by atoms with van der Waals surface area (Å²) in [6.45, 7) is 4.43. The van der Waals surface area contributed by atoms with Gasteiger partial charge in [0.1, 0.15) is 0 Å². The van der Waals surface area contributed by atoms with Crippen molar-refractivity contribution < 1.29 is 9.59 Å². The minimum atomic E-state index is -0.512. The number of carbonyl (C=O) groups is 2. The van der Waals surface area contributed by atoms with Crippen LogP contribution in [0.1, 0.15) is 29.3 Å². The van der Waals surface area contributed by atoms with Crippen molar-refractivity contribution in [2.75, 3.05) is 11.9 Å². The molecule has 0 aromatic heterocycles. The number of nitrogens with two attached hydrogens (primary N) is 1. The van der Waals surface area contributed by atoms with Gasteiger partial charge in [0.15, 0.2) is 0 Å². The molecule has 0 saturated carbocycles. The largest absolute Gasteiger partial charge is 0.366 e. The fraction of sp³-hybridized carbons (Fsp3) is 0.333. The highest BCUT2D eigenvalue weighted by molar-refractivity contribution is 5.96. The maximum atomic E-state index is 11.5. The number of hydrogen-bond donors (Lipinski definition) is 3. The molecule has 0 aliphatic carbocycles. The van der Waals surface area contributed by atoms with Gasteiger partial charge in [0, 0.05) is 17.8 Å². The Labute approximate surface area is 100 Å². The van der Waals surface area contributed by atoms with E-state index in [4.69, 9.17) is 5.73 Å². The third-order valence-electron chi connectivity index (χ3n) is 2.31. The summed E-state index contributed by atoms with van der Waals surface area (Å²) in [4.78, 5) is 22.5. The molecule has 0 radical (unpaired) electrons. The summed E-state index contributed by atoms with van der Waals surface area (Å²) < 4.78 is 0. The molecule has 0 saturated heterocycles. The van der Waals surface area contributed by atoms with Gasteiger partial charge in [-0.05, 0) is 31.0 Å². The molecule has 5 nitrogen and oxygen atoms in total. The van der Waals surface area contributed by atoms with Crippen LogP contribution < -0.4 is 16.4 Å². The normalized spacial score (nSPS) is 9.76. The summed E-state index contributed by atoms with van der Waals surface area (Å²) in [5.41, 5.74) is 7.02. The zero-order valence-electron chi connectivity index (χ0n) is 10.0. The van der Waals surface area contributed by atoms with Crippen molar-refractivity contribution in [1.82, 2.24) is 5.32 Å². The Morgan fingerprint density at radius 3 is 2.65 bits per heavy atom. The maximum absolute atomic E-state index is 11.5. The molecule has 92 valence electrons. The number of hydrogen-bond acceptors (Lipinski definition) is 2. The number of primary amides is 1. The number of amides is 3. The SMILES string of the molecule is CCCNC(=O)Nc1cc(C(N)=O)ccc1C. The molecular formula is C12H17N3O2. The highest BCUT2D eigenvalue weighted by Crippen LogP contribution is 2.16. The van der Waals surface area contributed by atoms with Crippen LogP contribution in [0.25, 0.3) is 0 Å². The topological polar surface area (TPSA) is 84.2 Å². The lowest BCUT2D eigenvalue weighted by Gasteiger charge is -2.10. The van der Waals surface area contributed by atoms with Gasteiger partial charge in [0.25, 0.3) is 0 Å². The molecule has 0 heterocycles. The van der Waals surface area contributed by atoms with Gasteiger partial charge < -0.3 is 16.4 Å². The first kappa shape index (κ1) is 13.0. The van der Waals surface area contributed by atoms with Crippen LogP contribution in [0.4, 0.5) is 10.5 Å². The lowest BCUT2D eigenvalue weighted by molar-refractivity contribution is 0.100. The lowest BCUT2D eigenvalue weighted by atomic mass is 10.1. The first-order valence-electron chi connectivity index (χ1n) is 5.50. The van der Waals surface area contributed by atoms with Crippen LogP contribution in [0, 0.1) is 6.92 Å². The van der Waals surface area contributed by atoms with E-state index in [1.165, 1.54) is 0 Å². The second-order valence-electron chi connectivity index (χ2n) is 3.77. The zero-order valence-corrected chi connectivity index (χ0v) is 10.0. The number of rotatable bonds is 4. The average molecular weight is 235 g/mol. The third-order valence-corrected chi connectivity index (χ3v) is 2.31. The van der Waals surface area contributed by atoms with Crippen molar-refractivity contribution in [3.05, 3.63) is 29.3 Å². The van der Waals surface area contributed by atoms with E-state index in [0.717, 1.165) is 12.0 Å². The Bertz CT molecular complexity index is 430. The van der Waals surface area contributed by atoms with E-state index >= 15 is 0 Å². The van der Waals surface area contributed by atoms with Crippen LogP contribution in [0.3, 0.4) is 0 Å². The predicted molar refractivity (Wildman–Crippen MR) is 67.0 cm³/mol. The minimum absolute atomic E-state index is 0.281. The Morgan fingerprint density at radius 1 is 1.35 bits per heavy atom. The molecule has 1 aromatic rings. The van der Waals surface area contributed by atoms with Crippen molar-refractivity contribution in [3.63, 3.8) is 0 Å². The van der Waals surface area contributed by atoms with E-state index in [0.29, 0.717) is 17.8 Å². The summed E-state index contributed by atoms with van der Waals surface area (Å²) >= 11 is 0. The number of nitrogens with one attached hydrogen (secondary N) is 2. The summed E-state index contributed by atoms with van der Waals surface area (Å²) in [5.74, 6) is -0.512. The molecule has 0 unspecified atom stereocenters. The number of urea groups is 1. The van der Waals surface area contributed by atoms with E-state index in [1.807, 2.05) is 13.8 Å². The fourth-order valence-electron chi connectivity index (χ4n) is 1.31. The van der Waals surface area contributed by atoms with Crippen LogP contribution in [0.5, 0.6) is 0 Å². The number of aryl methyl sites for hydroxylation is 1. The second kappa shape index (κ2) is 5.89. The van der Waals surface area contributed by atoms with E-state index in [-0.39, 0.29) is 6.03 Å². The smallest absolute Gasteiger partial charge is 0.319 e. The predicted octanol–water partition coefficient (Wildman–Crippen LogP) is 1.63. The summed E-state index contributed by atoms with van der Waals surface area (Å²) in [5, 5.41) is 5.37. The summed E-state index contributed by atoms with van der Waals surface area (Å²) in [6, 6.07) is 4.67. The van der Waals surface area contributed by atoms with Crippen molar-refractivity contribution in [2.45, 2.75) is 20.3 Å². The molecule has 0 bridgehead atoms. The molecule has 0 fully saturated rings. The van der Waals surface area contributed by atoms with Crippen molar-refractivity contribution in [3.8, 4) is 0 Å². The second-order valence-corrected chi connectivity index (χ2v) is 3.77. The van der Waals surface area contributed by atoms with Crippen molar-refractivity contribution >= 4 is 17.6 Å². The molecule has 17 heavy (non-hydrogen) atoms. The van der Waals surface area contributed by atoms with Gasteiger partial charge in [0.05, 0.1) is 0 Å². The van der Waals surface area contributed by atoms with Gasteiger partial charge in [-0.25, -0.2) is 4.79 Å². The van der Waals surface area contributed by atoms with Gasteiger partial charge in [-0.1, -0.05) is 13.0 Å². The monoisotopic (exact) mass is 235 g/mol. The molecule has 3 amide bonds. The van der Waals surface area contributed by atoms with E-state index < -0.39 is 5.91 Å². The Balaban J connectivity index is 2.79. The summed E-state index contributed by atoms with van der Waals surface area (Å²) in [7, 11) is 0. The van der Waals surface area contributed by atoms with Crippen LogP contribution >= 0.6 is 0 Å². The number of carbonyl (C=O) groups excluding carboxylic acids is 2. The third kappa shape index (κ3) is 3.79. The maximum Gasteiger partial charge on any atom is 0.319 e. The van der Waals surface area contributed by atoms with Crippen LogP contribution in [0.2, 0.25) is 0 Å². The van der Waals surface area contributed by atoms with Crippen LogP contribution in [-0.2, 0) is 0 Å². The molecule has 0 aliphatic rings. The molecule has 4 N–H and O–H groups in total. The quantitative estimate of drug-likeness (QED) is 0.741. The Kier molecular flexibility index (Phi) is 4.51. The van der Waals surface area contributed by atoms with Gasteiger partial charge in [-0.15, -0.1) is 0 Å². The summed E-state index contributed by atoms with van der Waals surface area (Å²) in [6.07, 6.45) is 0.869. The fourth-order valence-corrected chi connectivity index (χ4v) is 1.31. The average Bonchev–Trinajstić information content (AvgIpc) is 2.29. The van der Waals surface area contributed by atoms with E-state index in [9.17, 15) is 9.59 Å². The highest BCUT2D eigenvalue weighted by atomic mass is 16.2. The van der Waals surface area contributed by atoms with Crippen LogP contribution in [-0.4, -0.2) is 18.5 Å². The molecule has 5 heteroatoms. The van der Waals surface area contributed by atoms with Gasteiger partial charge in [0.2, 0.25) is 5.91 Å². The molecule has 1 rings (SSSR count). The Morgan fingerprint density at radius 2 is 2.06 bits per heavy atom. The van der Waals surface area contributed by atoms with Crippen LogP contribution in [0.15, 0.2) is 18.2 Å². The molecular weight excluding hydrogens is 218 g/mol. The highest BCUT2D eigenvalue weighted by Gasteiger charge is 2.07. The number of anilines is 1. The lowest BCUT2D eigenvalue weighted by Crippen LogP contribution is -2.29. The number of benzene rings is 1. The molecule has 0 atom stereocenters. The van der Waals surface area contributed by atoms with Gasteiger partial charge >= 0.3 is 6.03 Å². The van der Waals surface area contributed by atoms with E-state index in [2.05, 4.69) is 10.6 Å². The van der Waals surface area contributed by atoms with Crippen molar-refractivity contribution in [1.29, 1.82) is 0 Å². The standard InChI is InChI=1S/C12H17N3O2/c1-3-6-14-12(17)15-10-7-9(11(13)16)5-4-8(10)2/h4-5,7H,3,6H2,1-2H3,(H2,13,16)(H2,14,15,17). The Hall–Kier alpha value is -2.04. The molecule has 0 aliphatic heterocycles. The van der Waals surface area contributed by atoms with Gasteiger partial charge in [-0.2, -0.15) is 0 Å². The van der Waals surface area contributed by atoms with Gasteiger partial charge in [-0.3, -0.25) is 4.79 Å². The minimum Gasteiger partial charge on any atom is -0.366 e.